The summed E-state index contributed by atoms with van der Waals surface area (Å²) in [5.41, 5.74) is 9.96. The number of unbranched alkanes of at least 4 members (excludes halogenated alkanes) is 2. The number of hydrogen-bond acceptors (Lipinski definition) is 17. The summed E-state index contributed by atoms with van der Waals surface area (Å²) in [4.78, 5) is 37.6. The molecule has 0 bridgehead atoms. The highest BCUT2D eigenvalue weighted by Crippen LogP contribution is 2.39. The molecule has 1 fully saturated rings. The molecule has 1 saturated heterocycles. The van der Waals surface area contributed by atoms with Crippen molar-refractivity contribution in [2.45, 2.75) is 105 Å². The van der Waals surface area contributed by atoms with Gasteiger partial charge in [0.15, 0.2) is 11.6 Å². The number of ether oxygens (including phenoxy) is 9. The third kappa shape index (κ3) is 15.3. The second kappa shape index (κ2) is 30.6. The number of halogens is 1. The molecule has 1 amide bonds. The minimum Gasteiger partial charge on any atom is -0.497 e. The lowest BCUT2D eigenvalue weighted by atomic mass is 10.1. The summed E-state index contributed by atoms with van der Waals surface area (Å²) in [6, 6.07) is 36.1. The fourth-order valence-electron chi connectivity index (χ4n) is 11.8. The lowest BCUT2D eigenvalue weighted by Crippen LogP contribution is -2.50. The van der Waals surface area contributed by atoms with Gasteiger partial charge in [0.05, 0.1) is 92.0 Å². The van der Waals surface area contributed by atoms with Gasteiger partial charge in [-0.1, -0.05) is 42.6 Å². The summed E-state index contributed by atoms with van der Waals surface area (Å²) >= 11 is 3.67. The average Bonchev–Trinajstić information content (AvgIpc) is 1.56. The number of methoxy groups -OCH3 is 8. The van der Waals surface area contributed by atoms with Crippen LogP contribution in [0.15, 0.2) is 114 Å². The summed E-state index contributed by atoms with van der Waals surface area (Å²) in [7, 11) is 13.3. The summed E-state index contributed by atoms with van der Waals surface area (Å²) in [5.74, 6) is 9.39. The largest absolute Gasteiger partial charge is 0.497 e. The number of fused-ring (bicyclic) bond motifs is 6. The Morgan fingerprint density at radius 3 is 1.30 bits per heavy atom. The Morgan fingerprint density at radius 1 is 0.489 bits per heavy atom. The number of anilines is 3. The van der Waals surface area contributed by atoms with Crippen molar-refractivity contribution < 1.29 is 47.4 Å². The fourth-order valence-corrected chi connectivity index (χ4v) is 12.2. The molecule has 0 unspecified atom stereocenters. The number of pyridine rings is 2. The van der Waals surface area contributed by atoms with Gasteiger partial charge in [0.25, 0.3) is 0 Å². The number of nitrogens with one attached hydrogen (secondary N) is 2. The lowest BCUT2D eigenvalue weighted by molar-refractivity contribution is 0.0240. The maximum absolute atomic E-state index is 12.8. The van der Waals surface area contributed by atoms with Crippen LogP contribution in [0.25, 0.3) is 43.9 Å². The number of imidazole rings is 2. The van der Waals surface area contributed by atoms with Crippen molar-refractivity contribution in [1.29, 1.82) is 0 Å². The minimum atomic E-state index is -0.534. The van der Waals surface area contributed by atoms with Gasteiger partial charge in [-0.05, 0) is 119 Å². The number of hydrogen-bond donors (Lipinski definition) is 2. The third-order valence-corrected chi connectivity index (χ3v) is 17.3. The molecule has 21 heteroatoms. The molecule has 94 heavy (non-hydrogen) atoms. The van der Waals surface area contributed by atoms with Crippen LogP contribution in [0.1, 0.15) is 94.2 Å². The first-order valence-corrected chi connectivity index (χ1v) is 32.7. The van der Waals surface area contributed by atoms with Crippen LogP contribution < -0.4 is 53.4 Å². The average molecular weight is 1340 g/mol. The first-order valence-electron chi connectivity index (χ1n) is 31.9. The number of amides is 1. The van der Waals surface area contributed by atoms with Crippen molar-refractivity contribution in [2.24, 2.45) is 0 Å². The smallest absolute Gasteiger partial charge is 0.410 e. The Morgan fingerprint density at radius 2 is 0.894 bits per heavy atom. The molecule has 10 aromatic rings. The Bertz CT molecular complexity index is 4290. The van der Waals surface area contributed by atoms with E-state index in [0.29, 0.717) is 58.2 Å². The van der Waals surface area contributed by atoms with E-state index in [9.17, 15) is 4.79 Å². The van der Waals surface area contributed by atoms with Gasteiger partial charge in [-0.25, -0.2) is 24.7 Å². The second-order valence-corrected chi connectivity index (χ2v) is 24.9. The van der Waals surface area contributed by atoms with Gasteiger partial charge in [-0.3, -0.25) is 0 Å². The van der Waals surface area contributed by atoms with E-state index in [4.69, 9.17) is 62.6 Å². The van der Waals surface area contributed by atoms with Crippen LogP contribution >= 0.6 is 15.9 Å². The van der Waals surface area contributed by atoms with E-state index in [1.54, 1.807) is 61.8 Å². The van der Waals surface area contributed by atoms with Crippen LogP contribution in [0.3, 0.4) is 0 Å². The zero-order valence-electron chi connectivity index (χ0n) is 56.3. The van der Waals surface area contributed by atoms with Gasteiger partial charge in [-0.15, -0.1) is 0 Å². The molecule has 6 aromatic carbocycles. The molecule has 11 rings (SSSR count). The quantitative estimate of drug-likeness (QED) is 0.0548. The first kappa shape index (κ1) is 67.5. The Kier molecular flexibility index (Phi) is 22.0. The topological polar surface area (TPSA) is 192 Å². The predicted octanol–water partition coefficient (Wildman–Crippen LogP) is 15.1. The Hall–Kier alpha value is -9.37. The third-order valence-electron chi connectivity index (χ3n) is 16.8. The first-order chi connectivity index (χ1) is 45.5. The molecule has 496 valence electrons. The highest BCUT2D eigenvalue weighted by molar-refractivity contribution is 9.10. The monoisotopic (exact) mass is 1340 g/mol. The van der Waals surface area contributed by atoms with Crippen molar-refractivity contribution in [3.8, 4) is 46.0 Å². The van der Waals surface area contributed by atoms with Gasteiger partial charge in [-0.2, -0.15) is 0 Å². The second-order valence-electron chi connectivity index (χ2n) is 24.0. The predicted molar refractivity (Wildman–Crippen MR) is 376 cm³/mol. The molecule has 0 spiro atoms. The number of nitrogens with zero attached hydrogens (tertiary/aromatic N) is 8. The van der Waals surface area contributed by atoms with E-state index < -0.39 is 5.60 Å². The molecule has 1 aliphatic rings. The van der Waals surface area contributed by atoms with Crippen molar-refractivity contribution in [3.05, 3.63) is 148 Å². The van der Waals surface area contributed by atoms with Crippen LogP contribution in [0, 0.1) is 0 Å². The standard InChI is InChI=1S/C41H52N6O6.C32H35BrN4O4/c1-9-10-11-36-44-37-38(47(36)26-28-13-16-31(50-6)24-35(28)52-8)32-22-29(45-18-20-46(21-19-45)40(48)53-41(2,3)4)14-17-33(32)43-39(37)42-25-27-12-15-30(49-5)23-34(27)51-7;1-6-7-8-29-36-30-31(37(29)19-21-10-13-24(39-3)17-28(21)41-5)25-15-22(33)11-14-26(25)35-32(30)34-18-20-9-12-23(38-2)16-27(20)40-4/h12-17,22-24H,9-11,18-21,25-26H2,1-8H3,(H,42,43);9-17H,6-8,18-19H2,1-5H3,(H,34,35). The van der Waals surface area contributed by atoms with Crippen LogP contribution in [0.5, 0.6) is 46.0 Å². The van der Waals surface area contributed by atoms with E-state index in [2.05, 4.69) is 90.8 Å². The van der Waals surface area contributed by atoms with Gasteiger partial charge >= 0.3 is 6.09 Å². The van der Waals surface area contributed by atoms with Crippen molar-refractivity contribution in [2.75, 3.05) is 98.6 Å². The number of carbonyl (C=O) groups excluding carboxylic acids is 1. The van der Waals surface area contributed by atoms with Crippen LogP contribution in [0.4, 0.5) is 22.1 Å². The molecule has 1 aliphatic heterocycles. The van der Waals surface area contributed by atoms with Gasteiger partial charge in [0, 0.05) is 120 Å². The van der Waals surface area contributed by atoms with Crippen LogP contribution in [-0.4, -0.2) is 129 Å². The number of piperazine rings is 1. The molecule has 20 nitrogen and oxygen atoms in total. The minimum absolute atomic E-state index is 0.272. The molecule has 5 heterocycles. The van der Waals surface area contributed by atoms with Crippen LogP contribution in [0.2, 0.25) is 0 Å². The van der Waals surface area contributed by atoms with E-state index in [-0.39, 0.29) is 6.09 Å². The van der Waals surface area contributed by atoms with E-state index in [0.717, 1.165) is 178 Å². The maximum atomic E-state index is 12.8. The van der Waals surface area contributed by atoms with Crippen LogP contribution in [-0.2, 0) is 43.8 Å². The molecule has 2 N–H and O–H groups in total. The van der Waals surface area contributed by atoms with E-state index in [1.807, 2.05) is 93.6 Å². The number of rotatable bonds is 25. The van der Waals surface area contributed by atoms with Crippen molar-refractivity contribution in [3.63, 3.8) is 0 Å². The van der Waals surface area contributed by atoms with Gasteiger partial charge in [0.1, 0.15) is 74.3 Å². The van der Waals surface area contributed by atoms with Crippen molar-refractivity contribution in [1.82, 2.24) is 34.0 Å². The van der Waals surface area contributed by atoms with Gasteiger partial charge < -0.3 is 72.2 Å². The zero-order valence-corrected chi connectivity index (χ0v) is 57.9. The number of aryl methyl sites for hydroxylation is 2. The maximum Gasteiger partial charge on any atom is 0.410 e. The highest BCUT2D eigenvalue weighted by atomic mass is 79.9. The SMILES string of the molecule is CCCCc1nc2c(NCc3ccc(OC)cc3OC)nc3ccc(Br)cc3c2n1Cc1ccc(OC)cc1OC.CCCCc1nc2c(NCc3ccc(OC)cc3OC)nc3ccc(N4CCN(C(=O)OC(C)(C)C)CC4)cc3c2n1Cc1ccc(OC)cc1OC. The summed E-state index contributed by atoms with van der Waals surface area (Å²) in [6.45, 7) is 14.7. The Balaban J connectivity index is 0.000000212. The molecular weight excluding hydrogens is 1260 g/mol. The fraction of sp³-hybridized carbons (Fsp3) is 0.384. The molecule has 0 atom stereocenters. The molecular formula is C73H87BrN10O10. The molecule has 0 aliphatic carbocycles. The van der Waals surface area contributed by atoms with Crippen molar-refractivity contribution >= 4 is 83.2 Å². The summed E-state index contributed by atoms with van der Waals surface area (Å²) in [6.07, 6.45) is 5.52. The number of carbonyl (C=O) groups is 1. The molecule has 4 aromatic heterocycles. The summed E-state index contributed by atoms with van der Waals surface area (Å²) < 4.78 is 56.0. The molecule has 0 saturated carbocycles. The normalized spacial score (nSPS) is 12.4. The zero-order chi connectivity index (χ0) is 66.6. The molecule has 0 radical (unpaired) electrons. The summed E-state index contributed by atoms with van der Waals surface area (Å²) in [5, 5.41) is 9.20. The Labute approximate surface area is 558 Å². The highest BCUT2D eigenvalue weighted by Gasteiger charge is 2.28. The van der Waals surface area contributed by atoms with E-state index in [1.165, 1.54) is 0 Å². The number of aromatic nitrogens is 6. The van der Waals surface area contributed by atoms with Gasteiger partial charge in [0.2, 0.25) is 0 Å². The lowest BCUT2D eigenvalue weighted by Gasteiger charge is -2.36. The van der Waals surface area contributed by atoms with E-state index >= 15 is 0 Å². The number of benzene rings is 6.